The summed E-state index contributed by atoms with van der Waals surface area (Å²) in [6.45, 7) is 4.19. The van der Waals surface area contributed by atoms with Gasteiger partial charge < -0.3 is 4.90 Å². The van der Waals surface area contributed by atoms with Crippen LogP contribution in [0.3, 0.4) is 0 Å². The van der Waals surface area contributed by atoms with Gasteiger partial charge in [0, 0.05) is 18.0 Å². The Morgan fingerprint density at radius 3 is 2.08 bits per heavy atom. The molecule has 0 aliphatic heterocycles. The minimum atomic E-state index is -2.11. The van der Waals surface area contributed by atoms with Crippen LogP contribution in [-0.4, -0.2) is 30.5 Å². The molecule has 72 valence electrons. The predicted molar refractivity (Wildman–Crippen MR) is 45.4 cm³/mol. The first-order valence-corrected chi connectivity index (χ1v) is 4.52. The molecule has 3 heteroatoms. The van der Waals surface area contributed by atoms with Crippen molar-refractivity contribution in [3.05, 3.63) is 0 Å². The zero-order valence-corrected chi connectivity index (χ0v) is 7.93. The van der Waals surface area contributed by atoms with Gasteiger partial charge >= 0.3 is 0 Å². The first-order valence-electron chi connectivity index (χ1n) is 4.52. The second-order valence-electron chi connectivity index (χ2n) is 3.98. The molecule has 0 aromatic carbocycles. The van der Waals surface area contributed by atoms with Gasteiger partial charge in [-0.25, -0.2) is 8.78 Å². The molecule has 1 fully saturated rings. The van der Waals surface area contributed by atoms with Crippen molar-refractivity contribution >= 4 is 0 Å². The van der Waals surface area contributed by atoms with Crippen molar-refractivity contribution in [1.82, 2.24) is 4.90 Å². The zero-order valence-electron chi connectivity index (χ0n) is 7.93. The van der Waals surface area contributed by atoms with Crippen LogP contribution in [0.25, 0.3) is 0 Å². The van der Waals surface area contributed by atoms with Gasteiger partial charge in [-0.1, -0.05) is 0 Å². The molecule has 0 saturated heterocycles. The van der Waals surface area contributed by atoms with Gasteiger partial charge in [0.05, 0.1) is 0 Å². The number of rotatable bonds is 3. The van der Waals surface area contributed by atoms with Gasteiger partial charge in [0.1, 0.15) is 0 Å². The lowest BCUT2D eigenvalue weighted by molar-refractivity contribution is -0.0229. The van der Waals surface area contributed by atoms with E-state index in [4.69, 9.17) is 0 Å². The van der Waals surface area contributed by atoms with Crippen LogP contribution in [0.4, 0.5) is 8.78 Å². The van der Waals surface area contributed by atoms with Gasteiger partial charge in [-0.05, 0) is 33.7 Å². The molecular weight excluding hydrogens is 160 g/mol. The first kappa shape index (κ1) is 9.90. The molecule has 0 aromatic rings. The Labute approximate surface area is 72.7 Å². The Morgan fingerprint density at radius 1 is 1.25 bits per heavy atom. The first-order chi connectivity index (χ1) is 5.52. The summed E-state index contributed by atoms with van der Waals surface area (Å²) >= 11 is 0. The molecule has 0 bridgehead atoms. The van der Waals surface area contributed by atoms with E-state index in [-0.39, 0.29) is 5.92 Å². The van der Waals surface area contributed by atoms with E-state index in [1.807, 2.05) is 7.05 Å². The van der Waals surface area contributed by atoms with E-state index < -0.39 is 6.43 Å². The van der Waals surface area contributed by atoms with E-state index >= 15 is 0 Å². The number of alkyl halides is 2. The van der Waals surface area contributed by atoms with Crippen molar-refractivity contribution in [1.29, 1.82) is 0 Å². The lowest BCUT2D eigenvalue weighted by Crippen LogP contribution is -2.47. The minimum Gasteiger partial charge on any atom is -0.301 e. The predicted octanol–water partition coefficient (Wildman–Crippen LogP) is 2.37. The van der Waals surface area contributed by atoms with Crippen LogP contribution >= 0.6 is 0 Å². The largest absolute Gasteiger partial charge is 0.301 e. The summed E-state index contributed by atoms with van der Waals surface area (Å²) in [7, 11) is 2.01. The Kier molecular flexibility index (Phi) is 3.04. The highest BCUT2D eigenvalue weighted by Gasteiger charge is 2.37. The van der Waals surface area contributed by atoms with Crippen LogP contribution in [0.2, 0.25) is 0 Å². The number of nitrogens with zero attached hydrogens (tertiary/aromatic N) is 1. The molecule has 1 rings (SSSR count). The van der Waals surface area contributed by atoms with Gasteiger partial charge in [0.15, 0.2) is 0 Å². The van der Waals surface area contributed by atoms with Crippen LogP contribution in [0.15, 0.2) is 0 Å². The minimum absolute atomic E-state index is 0.337. The summed E-state index contributed by atoms with van der Waals surface area (Å²) in [4.78, 5) is 2.18. The van der Waals surface area contributed by atoms with Crippen molar-refractivity contribution < 1.29 is 8.78 Å². The molecule has 1 saturated carbocycles. The van der Waals surface area contributed by atoms with Gasteiger partial charge in [-0.15, -0.1) is 0 Å². The van der Waals surface area contributed by atoms with Gasteiger partial charge in [0.25, 0.3) is 0 Å². The average Bonchev–Trinajstić information content (AvgIpc) is 1.82. The number of halogens is 2. The highest BCUT2D eigenvalue weighted by molar-refractivity contribution is 4.88. The van der Waals surface area contributed by atoms with Crippen LogP contribution in [0.1, 0.15) is 26.7 Å². The Balaban J connectivity index is 2.25. The summed E-state index contributed by atoms with van der Waals surface area (Å²) in [5.41, 5.74) is 0. The fourth-order valence-electron chi connectivity index (χ4n) is 1.59. The summed E-state index contributed by atoms with van der Waals surface area (Å²) < 4.78 is 24.2. The molecule has 0 amide bonds. The third-order valence-electron chi connectivity index (χ3n) is 2.90. The normalized spacial score (nSPS) is 30.0. The van der Waals surface area contributed by atoms with Crippen molar-refractivity contribution in [2.24, 2.45) is 5.92 Å². The summed E-state index contributed by atoms with van der Waals surface area (Å²) in [6, 6.07) is 0.859. The third-order valence-corrected chi connectivity index (χ3v) is 2.90. The van der Waals surface area contributed by atoms with E-state index in [1.165, 1.54) is 0 Å². The molecule has 1 nitrogen and oxygen atoms in total. The van der Waals surface area contributed by atoms with E-state index in [0.29, 0.717) is 24.9 Å². The van der Waals surface area contributed by atoms with Crippen molar-refractivity contribution in [3.8, 4) is 0 Å². The molecule has 12 heavy (non-hydrogen) atoms. The monoisotopic (exact) mass is 177 g/mol. The maximum absolute atomic E-state index is 12.1. The van der Waals surface area contributed by atoms with E-state index in [9.17, 15) is 8.78 Å². The molecule has 1 aliphatic rings. The highest BCUT2D eigenvalue weighted by Crippen LogP contribution is 2.36. The van der Waals surface area contributed by atoms with Crippen molar-refractivity contribution in [2.75, 3.05) is 7.05 Å². The third kappa shape index (κ3) is 1.94. The molecule has 1 aliphatic carbocycles. The summed E-state index contributed by atoms with van der Waals surface area (Å²) in [5.74, 6) is -0.337. The Bertz CT molecular complexity index is 141. The standard InChI is InChI=1S/C9H17F2N/c1-6(2)12(3)8-4-7(5-8)9(10)11/h6-9H,4-5H2,1-3H3. The topological polar surface area (TPSA) is 3.24 Å². The molecule has 0 radical (unpaired) electrons. The summed E-state index contributed by atoms with van der Waals surface area (Å²) in [6.07, 6.45) is -0.764. The maximum Gasteiger partial charge on any atom is 0.241 e. The Hall–Kier alpha value is -0.180. The SMILES string of the molecule is CC(C)N(C)C1CC(C(F)F)C1. The summed E-state index contributed by atoms with van der Waals surface area (Å²) in [5, 5.41) is 0. The van der Waals surface area contributed by atoms with E-state index in [0.717, 1.165) is 0 Å². The lowest BCUT2D eigenvalue weighted by Gasteiger charge is -2.42. The molecule has 0 aromatic heterocycles. The zero-order chi connectivity index (χ0) is 9.30. The quantitative estimate of drug-likeness (QED) is 0.639. The highest BCUT2D eigenvalue weighted by atomic mass is 19.3. The Morgan fingerprint density at radius 2 is 1.75 bits per heavy atom. The fourth-order valence-corrected chi connectivity index (χ4v) is 1.59. The smallest absolute Gasteiger partial charge is 0.241 e. The second kappa shape index (κ2) is 3.69. The van der Waals surface area contributed by atoms with Gasteiger partial charge in [-0.2, -0.15) is 0 Å². The molecule has 0 N–H and O–H groups in total. The van der Waals surface area contributed by atoms with Gasteiger partial charge in [-0.3, -0.25) is 0 Å². The fraction of sp³-hybridized carbons (Fsp3) is 1.00. The van der Waals surface area contributed by atoms with Crippen molar-refractivity contribution in [3.63, 3.8) is 0 Å². The average molecular weight is 177 g/mol. The molecule has 0 heterocycles. The van der Waals surface area contributed by atoms with Gasteiger partial charge in [0.2, 0.25) is 6.43 Å². The van der Waals surface area contributed by atoms with Crippen LogP contribution < -0.4 is 0 Å². The molecule has 0 unspecified atom stereocenters. The second-order valence-corrected chi connectivity index (χ2v) is 3.98. The molecular formula is C9H17F2N. The van der Waals surface area contributed by atoms with E-state index in [2.05, 4.69) is 18.7 Å². The number of hydrogen-bond acceptors (Lipinski definition) is 1. The molecule has 0 spiro atoms. The van der Waals surface area contributed by atoms with Crippen LogP contribution in [0, 0.1) is 5.92 Å². The maximum atomic E-state index is 12.1. The number of hydrogen-bond donors (Lipinski definition) is 0. The van der Waals surface area contributed by atoms with Crippen LogP contribution in [-0.2, 0) is 0 Å². The van der Waals surface area contributed by atoms with Crippen LogP contribution in [0.5, 0.6) is 0 Å². The molecule has 0 atom stereocenters. The lowest BCUT2D eigenvalue weighted by atomic mass is 9.79. The van der Waals surface area contributed by atoms with Crippen molar-refractivity contribution in [2.45, 2.75) is 45.2 Å². The van der Waals surface area contributed by atoms with E-state index in [1.54, 1.807) is 0 Å².